The fourth-order valence-electron chi connectivity index (χ4n) is 2.30. The molecule has 102 valence electrons. The first kappa shape index (κ1) is 14.3. The molecule has 1 aliphatic rings. The number of ether oxygens (including phenoxy) is 1. The molecular formula is C13H21ClN2OS. The lowest BCUT2D eigenvalue weighted by Gasteiger charge is -2.44. The van der Waals surface area contributed by atoms with Gasteiger partial charge in [-0.25, -0.2) is 0 Å². The number of halogens is 1. The van der Waals surface area contributed by atoms with Crippen molar-refractivity contribution in [1.82, 2.24) is 4.90 Å². The Balaban J connectivity index is 1.99. The molecule has 1 aromatic rings. The first-order valence-corrected chi connectivity index (χ1v) is 7.52. The third-order valence-electron chi connectivity index (χ3n) is 3.78. The van der Waals surface area contributed by atoms with Gasteiger partial charge in [0.2, 0.25) is 0 Å². The molecule has 2 heterocycles. The molecule has 0 bridgehead atoms. The van der Waals surface area contributed by atoms with Gasteiger partial charge < -0.3 is 10.5 Å². The predicted octanol–water partition coefficient (Wildman–Crippen LogP) is 2.38. The van der Waals surface area contributed by atoms with E-state index in [1.54, 1.807) is 11.3 Å². The van der Waals surface area contributed by atoms with Crippen LogP contribution in [0.15, 0.2) is 12.1 Å². The van der Waals surface area contributed by atoms with Gasteiger partial charge in [0.05, 0.1) is 17.6 Å². The second-order valence-electron chi connectivity index (χ2n) is 5.27. The number of nitrogens with two attached hydrogens (primary N) is 1. The summed E-state index contributed by atoms with van der Waals surface area (Å²) < 4.78 is 6.23. The van der Waals surface area contributed by atoms with E-state index in [1.165, 1.54) is 4.88 Å². The van der Waals surface area contributed by atoms with Crippen LogP contribution in [0.5, 0.6) is 0 Å². The first-order valence-electron chi connectivity index (χ1n) is 6.33. The van der Waals surface area contributed by atoms with E-state index in [9.17, 15) is 0 Å². The van der Waals surface area contributed by atoms with Crippen LogP contribution in [0.4, 0.5) is 0 Å². The number of nitrogens with zero attached hydrogens (tertiary/aromatic N) is 1. The van der Waals surface area contributed by atoms with Crippen molar-refractivity contribution in [1.29, 1.82) is 0 Å². The molecule has 1 unspecified atom stereocenters. The van der Waals surface area contributed by atoms with Crippen molar-refractivity contribution in [3.8, 4) is 0 Å². The summed E-state index contributed by atoms with van der Waals surface area (Å²) in [7, 11) is 0. The van der Waals surface area contributed by atoms with Crippen LogP contribution in [0, 0.1) is 0 Å². The summed E-state index contributed by atoms with van der Waals surface area (Å²) in [6.45, 7) is 7.98. The van der Waals surface area contributed by atoms with E-state index < -0.39 is 0 Å². The van der Waals surface area contributed by atoms with Gasteiger partial charge in [-0.3, -0.25) is 4.90 Å². The van der Waals surface area contributed by atoms with Gasteiger partial charge >= 0.3 is 0 Å². The Morgan fingerprint density at radius 3 is 2.67 bits per heavy atom. The first-order chi connectivity index (χ1) is 8.50. The maximum absolute atomic E-state index is 6.40. The fourth-order valence-corrected chi connectivity index (χ4v) is 3.45. The lowest BCUT2D eigenvalue weighted by atomic mass is 9.90. The molecule has 0 aliphatic carbocycles. The zero-order valence-corrected chi connectivity index (χ0v) is 12.6. The predicted molar refractivity (Wildman–Crippen MR) is 77.5 cm³/mol. The monoisotopic (exact) mass is 288 g/mol. The van der Waals surface area contributed by atoms with Crippen LogP contribution in [0.25, 0.3) is 0 Å². The Kier molecular flexibility index (Phi) is 4.67. The summed E-state index contributed by atoms with van der Waals surface area (Å²) in [5.41, 5.74) is 6.39. The van der Waals surface area contributed by atoms with Crippen molar-refractivity contribution in [2.45, 2.75) is 31.8 Å². The summed E-state index contributed by atoms with van der Waals surface area (Å²) in [6, 6.07) is 4.11. The van der Waals surface area contributed by atoms with Crippen LogP contribution in [0.2, 0.25) is 4.34 Å². The Hall–Kier alpha value is -0.130. The van der Waals surface area contributed by atoms with E-state index in [-0.39, 0.29) is 11.6 Å². The van der Waals surface area contributed by atoms with Crippen LogP contribution in [0.1, 0.15) is 18.7 Å². The lowest BCUT2D eigenvalue weighted by molar-refractivity contribution is -0.0185. The minimum atomic E-state index is -0.0136. The number of thiophene rings is 1. The van der Waals surface area contributed by atoms with Gasteiger partial charge in [-0.2, -0.15) is 0 Å². The van der Waals surface area contributed by atoms with Crippen molar-refractivity contribution in [3.63, 3.8) is 0 Å². The molecule has 18 heavy (non-hydrogen) atoms. The van der Waals surface area contributed by atoms with Crippen LogP contribution in [0.3, 0.4) is 0 Å². The fraction of sp³-hybridized carbons (Fsp3) is 0.692. The molecule has 2 rings (SSSR count). The van der Waals surface area contributed by atoms with Gasteiger partial charge in [-0.1, -0.05) is 11.6 Å². The average Bonchev–Trinajstić information content (AvgIpc) is 2.76. The van der Waals surface area contributed by atoms with Crippen molar-refractivity contribution in [2.24, 2.45) is 5.73 Å². The third kappa shape index (κ3) is 3.25. The van der Waals surface area contributed by atoms with Gasteiger partial charge in [0, 0.05) is 29.5 Å². The lowest BCUT2D eigenvalue weighted by Crippen LogP contribution is -2.59. The largest absolute Gasteiger partial charge is 0.379 e. The minimum absolute atomic E-state index is 0.0136. The van der Waals surface area contributed by atoms with E-state index >= 15 is 0 Å². The quantitative estimate of drug-likeness (QED) is 0.924. The van der Waals surface area contributed by atoms with Crippen molar-refractivity contribution < 1.29 is 4.74 Å². The second-order valence-corrected chi connectivity index (χ2v) is 7.07. The van der Waals surface area contributed by atoms with E-state index in [0.717, 1.165) is 37.1 Å². The Morgan fingerprint density at radius 1 is 1.44 bits per heavy atom. The molecule has 1 fully saturated rings. The smallest absolute Gasteiger partial charge is 0.0931 e. The molecule has 0 radical (unpaired) electrons. The summed E-state index contributed by atoms with van der Waals surface area (Å²) in [5.74, 6) is 0. The highest BCUT2D eigenvalue weighted by Crippen LogP contribution is 2.26. The average molecular weight is 289 g/mol. The summed E-state index contributed by atoms with van der Waals surface area (Å²) in [6.07, 6.45) is 0.877. The summed E-state index contributed by atoms with van der Waals surface area (Å²) >= 11 is 7.58. The maximum atomic E-state index is 6.40. The number of hydrogen-bond acceptors (Lipinski definition) is 4. The molecule has 0 spiro atoms. The van der Waals surface area contributed by atoms with E-state index in [0.29, 0.717) is 0 Å². The molecule has 0 amide bonds. The summed E-state index contributed by atoms with van der Waals surface area (Å²) in [5, 5.41) is 0. The molecule has 1 atom stereocenters. The Bertz CT molecular complexity index is 388. The molecule has 2 N–H and O–H groups in total. The third-order valence-corrected chi connectivity index (χ3v) is 5.04. The van der Waals surface area contributed by atoms with Crippen molar-refractivity contribution >= 4 is 22.9 Å². The topological polar surface area (TPSA) is 38.5 Å². The van der Waals surface area contributed by atoms with E-state index in [4.69, 9.17) is 22.1 Å². The normalized spacial score (nSPS) is 20.0. The van der Waals surface area contributed by atoms with Crippen molar-refractivity contribution in [3.05, 3.63) is 21.3 Å². The van der Waals surface area contributed by atoms with E-state index in [2.05, 4.69) is 24.8 Å². The second kappa shape index (κ2) is 5.88. The Morgan fingerprint density at radius 2 is 2.11 bits per heavy atom. The molecule has 1 aliphatic heterocycles. The SMILES string of the molecule is CC(C)(C(N)Cc1ccc(Cl)s1)N1CCOCC1. The highest BCUT2D eigenvalue weighted by molar-refractivity contribution is 7.16. The number of morpholine rings is 1. The number of hydrogen-bond donors (Lipinski definition) is 1. The molecule has 3 nitrogen and oxygen atoms in total. The van der Waals surface area contributed by atoms with Gasteiger partial charge in [0.1, 0.15) is 0 Å². The highest BCUT2D eigenvalue weighted by Gasteiger charge is 2.34. The van der Waals surface area contributed by atoms with Crippen LogP contribution in [-0.4, -0.2) is 42.8 Å². The van der Waals surface area contributed by atoms with Gasteiger partial charge in [-0.15, -0.1) is 11.3 Å². The van der Waals surface area contributed by atoms with Crippen LogP contribution in [-0.2, 0) is 11.2 Å². The van der Waals surface area contributed by atoms with Crippen molar-refractivity contribution in [2.75, 3.05) is 26.3 Å². The van der Waals surface area contributed by atoms with Gasteiger partial charge in [0.15, 0.2) is 0 Å². The minimum Gasteiger partial charge on any atom is -0.379 e. The molecular weight excluding hydrogens is 268 g/mol. The number of rotatable bonds is 4. The molecule has 1 saturated heterocycles. The van der Waals surface area contributed by atoms with Gasteiger partial charge in [-0.05, 0) is 32.4 Å². The van der Waals surface area contributed by atoms with E-state index in [1.807, 2.05) is 6.07 Å². The molecule has 0 saturated carbocycles. The maximum Gasteiger partial charge on any atom is 0.0931 e. The highest BCUT2D eigenvalue weighted by atomic mass is 35.5. The zero-order valence-electron chi connectivity index (χ0n) is 11.0. The molecule has 5 heteroatoms. The standard InChI is InChI=1S/C13H21ClN2OS/c1-13(2,16-5-7-17-8-6-16)11(15)9-10-3-4-12(14)18-10/h3-4,11H,5-9,15H2,1-2H3. The van der Waals surface area contributed by atoms with Crippen LogP contribution < -0.4 is 5.73 Å². The molecule has 1 aromatic heterocycles. The summed E-state index contributed by atoms with van der Waals surface area (Å²) in [4.78, 5) is 3.69. The zero-order chi connectivity index (χ0) is 13.2. The van der Waals surface area contributed by atoms with Gasteiger partial charge in [0.25, 0.3) is 0 Å². The Labute approximate surface area is 118 Å². The van der Waals surface area contributed by atoms with Crippen LogP contribution >= 0.6 is 22.9 Å². The molecule has 0 aromatic carbocycles.